The van der Waals surface area contributed by atoms with E-state index in [0.29, 0.717) is 52.6 Å². The number of fused-ring (bicyclic) bond motifs is 1. The van der Waals surface area contributed by atoms with Gasteiger partial charge in [0.25, 0.3) is 5.56 Å². The Morgan fingerprint density at radius 1 is 0.947 bits per heavy atom. The van der Waals surface area contributed by atoms with Crippen LogP contribution >= 0.6 is 0 Å². The van der Waals surface area contributed by atoms with Crippen molar-refractivity contribution in [3.63, 3.8) is 0 Å². The van der Waals surface area contributed by atoms with E-state index in [1.54, 1.807) is 41.9 Å². The lowest BCUT2D eigenvalue weighted by molar-refractivity contribution is 0.171. The second-order valence-corrected chi connectivity index (χ2v) is 9.40. The van der Waals surface area contributed by atoms with Gasteiger partial charge in [0.2, 0.25) is 0 Å². The summed E-state index contributed by atoms with van der Waals surface area (Å²) in [6.45, 7) is 6.55. The van der Waals surface area contributed by atoms with E-state index in [9.17, 15) is 9.59 Å². The van der Waals surface area contributed by atoms with Crippen molar-refractivity contribution >= 4 is 22.6 Å². The van der Waals surface area contributed by atoms with Crippen molar-refractivity contribution in [2.75, 3.05) is 26.1 Å². The summed E-state index contributed by atoms with van der Waals surface area (Å²) in [4.78, 5) is 34.5. The predicted molar refractivity (Wildman–Crippen MR) is 150 cm³/mol. The van der Waals surface area contributed by atoms with E-state index >= 15 is 0 Å². The van der Waals surface area contributed by atoms with Crippen molar-refractivity contribution < 1.29 is 14.3 Å². The van der Waals surface area contributed by atoms with Crippen LogP contribution in [-0.2, 0) is 0 Å². The van der Waals surface area contributed by atoms with Gasteiger partial charge in [-0.25, -0.2) is 9.78 Å². The monoisotopic (exact) mass is 514 g/mol. The van der Waals surface area contributed by atoms with Crippen LogP contribution in [0.2, 0.25) is 0 Å². The summed E-state index contributed by atoms with van der Waals surface area (Å²) in [5.74, 6) is 1.74. The summed E-state index contributed by atoms with van der Waals surface area (Å²) in [6.07, 6.45) is 0.534. The van der Waals surface area contributed by atoms with E-state index in [0.717, 1.165) is 0 Å². The Hall–Kier alpha value is -4.33. The minimum absolute atomic E-state index is 0.166. The molecule has 0 radical (unpaired) electrons. The highest BCUT2D eigenvalue weighted by molar-refractivity contribution is 5.91. The Labute approximate surface area is 222 Å². The van der Waals surface area contributed by atoms with E-state index in [4.69, 9.17) is 14.5 Å². The van der Waals surface area contributed by atoms with Crippen LogP contribution in [0.15, 0.2) is 77.6 Å². The Morgan fingerprint density at radius 2 is 1.58 bits per heavy atom. The number of ether oxygens (including phenoxy) is 2. The zero-order valence-electron chi connectivity index (χ0n) is 22.5. The number of anilines is 1. The number of hydrogen-bond acceptors (Lipinski definition) is 5. The first kappa shape index (κ1) is 26.7. The lowest BCUT2D eigenvalue weighted by atomic mass is 10.1. The fraction of sp³-hybridized carbons (Fsp3) is 0.300. The van der Waals surface area contributed by atoms with Crippen molar-refractivity contribution in [3.8, 4) is 17.2 Å². The Bertz CT molecular complexity index is 1480. The molecule has 8 nitrogen and oxygen atoms in total. The Morgan fingerprint density at radius 3 is 2.26 bits per heavy atom. The van der Waals surface area contributed by atoms with Crippen molar-refractivity contribution in [1.29, 1.82) is 0 Å². The SMILES string of the molecule is CCC(c1nc2ccccc2c(=O)n1-c1ccccc1OC)N(CC(C)C)C(=O)Nc1ccccc1OC. The molecule has 0 bridgehead atoms. The van der Waals surface area contributed by atoms with Gasteiger partial charge in [0.1, 0.15) is 17.3 Å². The van der Waals surface area contributed by atoms with E-state index in [-0.39, 0.29) is 17.5 Å². The number of nitrogens with zero attached hydrogens (tertiary/aromatic N) is 3. The van der Waals surface area contributed by atoms with Crippen molar-refractivity contribution in [1.82, 2.24) is 14.5 Å². The molecule has 1 N–H and O–H groups in total. The topological polar surface area (TPSA) is 85.7 Å². The van der Waals surface area contributed by atoms with Gasteiger partial charge in [0.15, 0.2) is 0 Å². The molecule has 0 saturated heterocycles. The number of urea groups is 1. The maximum atomic E-state index is 14.0. The largest absolute Gasteiger partial charge is 0.495 e. The third-order valence-electron chi connectivity index (χ3n) is 6.36. The van der Waals surface area contributed by atoms with E-state index in [1.165, 1.54) is 0 Å². The van der Waals surface area contributed by atoms with Gasteiger partial charge in [0, 0.05) is 6.54 Å². The molecule has 1 heterocycles. The first-order chi connectivity index (χ1) is 18.4. The minimum Gasteiger partial charge on any atom is -0.495 e. The summed E-state index contributed by atoms with van der Waals surface area (Å²) < 4.78 is 12.6. The Balaban J connectivity index is 1.91. The van der Waals surface area contributed by atoms with Crippen molar-refractivity contribution in [3.05, 3.63) is 89.0 Å². The first-order valence-corrected chi connectivity index (χ1v) is 12.7. The standard InChI is InChI=1S/C30H34N4O4/c1-6-24(33(19-20(2)3)30(36)32-23-15-9-11-17-26(23)37-4)28-31-22-14-8-7-13-21(22)29(35)34(28)25-16-10-12-18-27(25)38-5/h7-18,20,24H,6,19H2,1-5H3,(H,32,36). The third-order valence-corrected chi connectivity index (χ3v) is 6.36. The summed E-state index contributed by atoms with van der Waals surface area (Å²) >= 11 is 0. The number of carbonyl (C=O) groups excluding carboxylic acids is 1. The van der Waals surface area contributed by atoms with Gasteiger partial charge in [-0.1, -0.05) is 57.2 Å². The number of benzene rings is 3. The van der Waals surface area contributed by atoms with Gasteiger partial charge < -0.3 is 19.7 Å². The summed E-state index contributed by atoms with van der Waals surface area (Å²) in [7, 11) is 3.14. The highest BCUT2D eigenvalue weighted by atomic mass is 16.5. The number of nitrogens with one attached hydrogen (secondary N) is 1. The molecule has 38 heavy (non-hydrogen) atoms. The van der Waals surface area contributed by atoms with Gasteiger partial charge in [-0.2, -0.15) is 0 Å². The molecule has 1 aromatic heterocycles. The summed E-state index contributed by atoms with van der Waals surface area (Å²) in [6, 6.07) is 21.1. The molecule has 8 heteroatoms. The smallest absolute Gasteiger partial charge is 0.322 e. The van der Waals surface area contributed by atoms with Crippen LogP contribution in [0.3, 0.4) is 0 Å². The summed E-state index contributed by atoms with van der Waals surface area (Å²) in [5.41, 5.74) is 1.49. The quantitative estimate of drug-likeness (QED) is 0.294. The molecule has 2 amide bonds. The van der Waals surface area contributed by atoms with Crippen LogP contribution in [0.1, 0.15) is 39.1 Å². The predicted octanol–water partition coefficient (Wildman–Crippen LogP) is 6.04. The molecule has 0 saturated carbocycles. The molecule has 0 aliphatic heterocycles. The number of amides is 2. The normalized spacial score (nSPS) is 11.8. The summed E-state index contributed by atoms with van der Waals surface area (Å²) in [5, 5.41) is 3.50. The maximum Gasteiger partial charge on any atom is 0.322 e. The fourth-order valence-corrected chi connectivity index (χ4v) is 4.64. The second kappa shape index (κ2) is 11.8. The number of para-hydroxylation sites is 5. The number of hydrogen-bond donors (Lipinski definition) is 1. The number of methoxy groups -OCH3 is 2. The van der Waals surface area contributed by atoms with Gasteiger partial charge in [-0.05, 0) is 48.7 Å². The Kier molecular flexibility index (Phi) is 8.31. The lowest BCUT2D eigenvalue weighted by Gasteiger charge is -2.33. The van der Waals surface area contributed by atoms with E-state index in [2.05, 4.69) is 19.2 Å². The van der Waals surface area contributed by atoms with Gasteiger partial charge in [-0.15, -0.1) is 0 Å². The maximum absolute atomic E-state index is 14.0. The van der Waals surface area contributed by atoms with E-state index in [1.807, 2.05) is 61.5 Å². The molecule has 0 fully saturated rings. The molecule has 1 unspecified atom stereocenters. The first-order valence-electron chi connectivity index (χ1n) is 12.7. The molecule has 0 spiro atoms. The minimum atomic E-state index is -0.505. The van der Waals surface area contributed by atoms with Crippen LogP contribution in [-0.4, -0.2) is 41.2 Å². The highest BCUT2D eigenvalue weighted by Crippen LogP contribution is 2.31. The van der Waals surface area contributed by atoms with Gasteiger partial charge in [-0.3, -0.25) is 9.36 Å². The molecule has 0 aliphatic rings. The number of aromatic nitrogens is 2. The van der Waals surface area contributed by atoms with Crippen molar-refractivity contribution in [2.24, 2.45) is 5.92 Å². The molecule has 0 aliphatic carbocycles. The molecule has 4 aromatic rings. The lowest BCUT2D eigenvalue weighted by Crippen LogP contribution is -2.42. The van der Waals surface area contributed by atoms with Crippen LogP contribution in [0.5, 0.6) is 11.5 Å². The van der Waals surface area contributed by atoms with Crippen LogP contribution < -0.4 is 20.3 Å². The van der Waals surface area contributed by atoms with Crippen LogP contribution in [0.4, 0.5) is 10.5 Å². The molecular formula is C30H34N4O4. The average Bonchev–Trinajstić information content (AvgIpc) is 2.93. The highest BCUT2D eigenvalue weighted by Gasteiger charge is 2.30. The molecule has 198 valence electrons. The molecule has 1 atom stereocenters. The van der Waals surface area contributed by atoms with Crippen molar-refractivity contribution in [2.45, 2.75) is 33.2 Å². The third kappa shape index (κ3) is 5.34. The fourth-order valence-electron chi connectivity index (χ4n) is 4.64. The molecule has 4 rings (SSSR count). The molecule has 3 aromatic carbocycles. The number of carbonyl (C=O) groups is 1. The number of rotatable bonds is 9. The average molecular weight is 515 g/mol. The van der Waals surface area contributed by atoms with Crippen LogP contribution in [0, 0.1) is 5.92 Å². The zero-order chi connectivity index (χ0) is 27.2. The van der Waals surface area contributed by atoms with Gasteiger partial charge in [0.05, 0.1) is 42.5 Å². The van der Waals surface area contributed by atoms with E-state index < -0.39 is 6.04 Å². The zero-order valence-corrected chi connectivity index (χ0v) is 22.5. The second-order valence-electron chi connectivity index (χ2n) is 9.40. The molecular weight excluding hydrogens is 480 g/mol. The van der Waals surface area contributed by atoms with Gasteiger partial charge >= 0.3 is 6.03 Å². The van der Waals surface area contributed by atoms with Crippen LogP contribution in [0.25, 0.3) is 16.6 Å².